The van der Waals surface area contributed by atoms with Crippen LogP contribution in [0.2, 0.25) is 0 Å². The third kappa shape index (κ3) is 7.87. The molecule has 2 aliphatic heterocycles. The van der Waals surface area contributed by atoms with Crippen molar-refractivity contribution in [3.63, 3.8) is 0 Å². The SMILES string of the molecule is COc1cc2c(cc1OC)CN(C[C@@H]1O[C@H](c3ccc(-c4ccccc4CNC(=O)c4cnc5ccccc5n4)cc3)O[C@H](c3ccc(CO)cc3)[C@@H]1C)CC2. The average Bonchev–Trinajstić information content (AvgIpc) is 3.25. The number of amides is 1. The number of nitrogens with one attached hydrogen (secondary N) is 1. The summed E-state index contributed by atoms with van der Waals surface area (Å²) in [4.78, 5) is 24.4. The molecule has 1 amide bonds. The maximum atomic E-state index is 13.1. The largest absolute Gasteiger partial charge is 0.493 e. The molecule has 0 unspecified atom stereocenters. The zero-order valence-electron chi connectivity index (χ0n) is 31.9. The quantitative estimate of drug-likeness (QED) is 0.138. The molecule has 1 fully saturated rings. The highest BCUT2D eigenvalue weighted by molar-refractivity contribution is 5.93. The summed E-state index contributed by atoms with van der Waals surface area (Å²) in [6.07, 6.45) is 1.50. The number of aromatic nitrogens is 2. The van der Waals surface area contributed by atoms with Crippen molar-refractivity contribution in [3.05, 3.63) is 154 Å². The fourth-order valence-corrected chi connectivity index (χ4v) is 7.79. The number of hydrogen-bond donors (Lipinski definition) is 2. The Labute approximate surface area is 327 Å². The van der Waals surface area contributed by atoms with Gasteiger partial charge in [-0.2, -0.15) is 0 Å². The maximum absolute atomic E-state index is 13.1. The van der Waals surface area contributed by atoms with Crippen molar-refractivity contribution < 1.29 is 28.8 Å². The normalized spacial score (nSPS) is 19.6. The molecule has 1 saturated heterocycles. The summed E-state index contributed by atoms with van der Waals surface area (Å²) in [7, 11) is 3.34. The first-order chi connectivity index (χ1) is 27.4. The van der Waals surface area contributed by atoms with Gasteiger partial charge in [-0.1, -0.05) is 91.9 Å². The van der Waals surface area contributed by atoms with Crippen molar-refractivity contribution in [1.29, 1.82) is 0 Å². The molecular formula is C46H46N4O6. The smallest absolute Gasteiger partial charge is 0.271 e. The van der Waals surface area contributed by atoms with E-state index in [9.17, 15) is 9.90 Å². The van der Waals surface area contributed by atoms with Gasteiger partial charge in [-0.25, -0.2) is 4.98 Å². The first kappa shape index (κ1) is 37.3. The summed E-state index contributed by atoms with van der Waals surface area (Å²) < 4.78 is 24.8. The summed E-state index contributed by atoms with van der Waals surface area (Å²) in [6, 6.07) is 36.1. The monoisotopic (exact) mass is 750 g/mol. The lowest BCUT2D eigenvalue weighted by atomic mass is 9.89. The Hall–Kier alpha value is -5.65. The summed E-state index contributed by atoms with van der Waals surface area (Å²) in [6.45, 7) is 4.95. The average molecular weight is 751 g/mol. The molecule has 0 radical (unpaired) electrons. The number of benzene rings is 5. The van der Waals surface area contributed by atoms with Gasteiger partial charge in [-0.15, -0.1) is 0 Å². The Bertz CT molecular complexity index is 2320. The molecule has 6 aromatic rings. The van der Waals surface area contributed by atoms with Crippen LogP contribution in [0.4, 0.5) is 0 Å². The van der Waals surface area contributed by atoms with Gasteiger partial charge in [0, 0.05) is 37.7 Å². The standard InChI is InChI=1S/C46H46N4O6/c1-29-43(27-50-21-20-34-22-41(53-2)42(54-3)23-36(34)26-50)55-46(56-44(29)32-14-12-30(28-51)13-15-32)33-18-16-31(17-19-33)37-9-5-4-8-35(37)24-48-45(52)40-25-47-38-10-6-7-11-39(38)49-40/h4-19,22-23,25,29,43-44,46,51H,20-21,24,26-28H2,1-3H3,(H,48,52)/t29-,43+,44+,46+/m1/s1. The van der Waals surface area contributed by atoms with E-state index in [0.29, 0.717) is 12.1 Å². The van der Waals surface area contributed by atoms with Gasteiger partial charge in [-0.05, 0) is 69.6 Å². The van der Waals surface area contributed by atoms with Gasteiger partial charge in [0.15, 0.2) is 17.8 Å². The second kappa shape index (κ2) is 16.6. The number of carbonyl (C=O) groups excluding carboxylic acids is 1. The lowest BCUT2D eigenvalue weighted by molar-refractivity contribution is -0.276. The molecule has 286 valence electrons. The van der Waals surface area contributed by atoms with E-state index in [1.807, 2.05) is 66.7 Å². The van der Waals surface area contributed by atoms with Crippen molar-refractivity contribution in [2.24, 2.45) is 5.92 Å². The number of ether oxygens (including phenoxy) is 4. The van der Waals surface area contributed by atoms with Crippen molar-refractivity contribution >= 4 is 16.9 Å². The summed E-state index contributed by atoms with van der Waals surface area (Å²) >= 11 is 0. The van der Waals surface area contributed by atoms with E-state index in [1.54, 1.807) is 14.2 Å². The Morgan fingerprint density at radius 2 is 1.55 bits per heavy atom. The lowest BCUT2D eigenvalue weighted by Gasteiger charge is -2.43. The molecule has 0 aliphatic carbocycles. The van der Waals surface area contributed by atoms with Crippen LogP contribution >= 0.6 is 0 Å². The third-order valence-electron chi connectivity index (χ3n) is 11.0. The second-order valence-corrected chi connectivity index (χ2v) is 14.5. The highest BCUT2D eigenvalue weighted by Crippen LogP contribution is 2.43. The summed E-state index contributed by atoms with van der Waals surface area (Å²) in [5.41, 5.74) is 10.1. The number of carbonyl (C=O) groups is 1. The van der Waals surface area contributed by atoms with E-state index in [-0.39, 0.29) is 36.3 Å². The number of nitrogens with zero attached hydrogens (tertiary/aromatic N) is 3. The Morgan fingerprint density at radius 3 is 2.30 bits per heavy atom. The zero-order chi connectivity index (χ0) is 38.6. The number of aliphatic hydroxyl groups is 1. The molecular weight excluding hydrogens is 705 g/mol. The van der Waals surface area contributed by atoms with E-state index >= 15 is 0 Å². The van der Waals surface area contributed by atoms with Crippen molar-refractivity contribution in [2.75, 3.05) is 27.3 Å². The predicted molar refractivity (Wildman–Crippen MR) is 214 cm³/mol. The van der Waals surface area contributed by atoms with Crippen molar-refractivity contribution in [1.82, 2.24) is 20.2 Å². The molecule has 0 spiro atoms. The van der Waals surface area contributed by atoms with E-state index in [2.05, 4.69) is 69.6 Å². The first-order valence-electron chi connectivity index (χ1n) is 19.1. The summed E-state index contributed by atoms with van der Waals surface area (Å²) in [5, 5.41) is 12.7. The molecule has 10 heteroatoms. The van der Waals surface area contributed by atoms with Crippen LogP contribution in [0, 0.1) is 5.92 Å². The van der Waals surface area contributed by atoms with E-state index in [0.717, 1.165) is 76.5 Å². The van der Waals surface area contributed by atoms with Crippen LogP contribution < -0.4 is 14.8 Å². The van der Waals surface area contributed by atoms with Crippen molar-refractivity contribution in [3.8, 4) is 22.6 Å². The highest BCUT2D eigenvalue weighted by Gasteiger charge is 2.39. The number of rotatable bonds is 11. The van der Waals surface area contributed by atoms with E-state index < -0.39 is 6.29 Å². The number of hydrogen-bond acceptors (Lipinski definition) is 9. The maximum Gasteiger partial charge on any atom is 0.271 e. The number of methoxy groups -OCH3 is 2. The molecule has 5 aromatic carbocycles. The van der Waals surface area contributed by atoms with Crippen LogP contribution in [0.15, 0.2) is 115 Å². The number of para-hydroxylation sites is 2. The fourth-order valence-electron chi connectivity index (χ4n) is 7.79. The van der Waals surface area contributed by atoms with Gasteiger partial charge in [-0.3, -0.25) is 14.7 Å². The molecule has 0 saturated carbocycles. The van der Waals surface area contributed by atoms with E-state index in [1.165, 1.54) is 17.3 Å². The Kier molecular flexibility index (Phi) is 11.1. The van der Waals surface area contributed by atoms with Gasteiger partial charge in [0.2, 0.25) is 0 Å². The molecule has 1 aromatic heterocycles. The van der Waals surface area contributed by atoms with Gasteiger partial charge in [0.1, 0.15) is 5.69 Å². The number of fused-ring (bicyclic) bond motifs is 2. The Balaban J connectivity index is 1.00. The molecule has 56 heavy (non-hydrogen) atoms. The van der Waals surface area contributed by atoms with Crippen LogP contribution in [0.1, 0.15) is 63.2 Å². The van der Waals surface area contributed by atoms with Crippen molar-refractivity contribution in [2.45, 2.75) is 51.5 Å². The van der Waals surface area contributed by atoms with Gasteiger partial charge in [0.25, 0.3) is 5.91 Å². The minimum atomic E-state index is -0.591. The summed E-state index contributed by atoms with van der Waals surface area (Å²) in [5.74, 6) is 1.27. The molecule has 2 aliphatic rings. The van der Waals surface area contributed by atoms with Crippen LogP contribution in [-0.2, 0) is 35.6 Å². The molecule has 4 atom stereocenters. The van der Waals surface area contributed by atoms with Crippen LogP contribution in [-0.4, -0.2) is 59.3 Å². The van der Waals surface area contributed by atoms with Gasteiger partial charge in [0.05, 0.1) is 50.3 Å². The highest BCUT2D eigenvalue weighted by atomic mass is 16.7. The topological polar surface area (TPSA) is 115 Å². The Morgan fingerprint density at radius 1 is 0.857 bits per heavy atom. The molecule has 3 heterocycles. The fraction of sp³-hybridized carbons (Fsp3) is 0.283. The second-order valence-electron chi connectivity index (χ2n) is 14.5. The minimum absolute atomic E-state index is 0.0101. The third-order valence-corrected chi connectivity index (χ3v) is 11.0. The molecule has 10 nitrogen and oxygen atoms in total. The lowest BCUT2D eigenvalue weighted by Crippen LogP contribution is -2.45. The van der Waals surface area contributed by atoms with Crippen LogP contribution in [0.3, 0.4) is 0 Å². The van der Waals surface area contributed by atoms with Gasteiger partial charge >= 0.3 is 0 Å². The van der Waals surface area contributed by atoms with Gasteiger partial charge < -0.3 is 29.4 Å². The molecule has 2 N–H and O–H groups in total. The van der Waals surface area contributed by atoms with E-state index in [4.69, 9.17) is 18.9 Å². The molecule has 8 rings (SSSR count). The zero-order valence-corrected chi connectivity index (χ0v) is 31.9. The molecule has 0 bridgehead atoms. The van der Waals surface area contributed by atoms with Crippen LogP contribution in [0.25, 0.3) is 22.2 Å². The predicted octanol–water partition coefficient (Wildman–Crippen LogP) is 7.59. The number of aliphatic hydroxyl groups excluding tert-OH is 1. The minimum Gasteiger partial charge on any atom is -0.493 e. The first-order valence-corrected chi connectivity index (χ1v) is 19.1. The van der Waals surface area contributed by atoms with Crippen LogP contribution in [0.5, 0.6) is 11.5 Å².